The largest absolute Gasteiger partial charge is 0.443 e. The number of hydrogen-bond donors (Lipinski definition) is 3. The summed E-state index contributed by atoms with van der Waals surface area (Å²) in [6.45, 7) is 6.03. The van der Waals surface area contributed by atoms with Crippen molar-refractivity contribution in [1.82, 2.24) is 16.2 Å². The average molecular weight is 317 g/mol. The number of Topliss-reactive ketones (excluding diaryl/α,β-unsaturated/α-hetero) is 1. The van der Waals surface area contributed by atoms with Crippen LogP contribution in [0.5, 0.6) is 0 Å². The second kappa shape index (κ2) is 7.39. The molecule has 0 aliphatic carbocycles. The summed E-state index contributed by atoms with van der Waals surface area (Å²) in [4.78, 5) is 24.5. The third-order valence-corrected chi connectivity index (χ3v) is 3.24. The van der Waals surface area contributed by atoms with Crippen LogP contribution in [0.2, 0.25) is 0 Å². The number of nitrogens with one attached hydrogen (secondary N) is 3. The molecule has 3 N–H and O–H groups in total. The number of carbonyl (C=O) groups excluding carboxylic acids is 2. The van der Waals surface area contributed by atoms with E-state index in [0.29, 0.717) is 12.1 Å². The van der Waals surface area contributed by atoms with Crippen LogP contribution in [-0.4, -0.2) is 36.1 Å². The van der Waals surface area contributed by atoms with Gasteiger partial charge in [-0.25, -0.2) is 10.2 Å². The van der Waals surface area contributed by atoms with E-state index < -0.39 is 17.7 Å². The van der Waals surface area contributed by atoms with Gasteiger partial charge in [-0.05, 0) is 20.8 Å². The maximum Gasteiger partial charge on any atom is 0.422 e. The highest BCUT2D eigenvalue weighted by atomic mass is 16.6. The Bertz CT molecular complexity index is 578. The summed E-state index contributed by atoms with van der Waals surface area (Å²) < 4.78 is 5.17. The van der Waals surface area contributed by atoms with Crippen LogP contribution in [0.3, 0.4) is 0 Å². The average Bonchev–Trinajstić information content (AvgIpc) is 3.00. The van der Waals surface area contributed by atoms with Gasteiger partial charge in [0, 0.05) is 12.1 Å². The van der Waals surface area contributed by atoms with Crippen molar-refractivity contribution in [2.75, 3.05) is 6.54 Å². The summed E-state index contributed by atoms with van der Waals surface area (Å²) >= 11 is 0. The zero-order valence-electron chi connectivity index (χ0n) is 13.6. The molecule has 2 rings (SSSR count). The molecule has 1 heterocycles. The van der Waals surface area contributed by atoms with Gasteiger partial charge in [0.05, 0.1) is 6.04 Å². The number of rotatable bonds is 5. The van der Waals surface area contributed by atoms with Crippen molar-refractivity contribution in [3.05, 3.63) is 48.0 Å². The lowest BCUT2D eigenvalue weighted by Gasteiger charge is -2.25. The zero-order valence-corrected chi connectivity index (χ0v) is 13.6. The van der Waals surface area contributed by atoms with E-state index in [4.69, 9.17) is 4.74 Å². The molecule has 6 nitrogen and oxygen atoms in total. The van der Waals surface area contributed by atoms with Crippen LogP contribution in [-0.2, 0) is 4.74 Å². The summed E-state index contributed by atoms with van der Waals surface area (Å²) in [6.07, 6.45) is 3.24. The van der Waals surface area contributed by atoms with Crippen LogP contribution in [0.15, 0.2) is 42.5 Å². The minimum absolute atomic E-state index is 0.106. The van der Waals surface area contributed by atoms with Gasteiger partial charge in [0.1, 0.15) is 11.6 Å². The first kappa shape index (κ1) is 17.2. The molecule has 1 aromatic carbocycles. The van der Waals surface area contributed by atoms with E-state index in [9.17, 15) is 9.59 Å². The smallest absolute Gasteiger partial charge is 0.422 e. The molecule has 0 saturated heterocycles. The number of carbonyl (C=O) groups is 2. The van der Waals surface area contributed by atoms with Crippen LogP contribution in [0.1, 0.15) is 31.1 Å². The van der Waals surface area contributed by atoms with E-state index in [0.717, 1.165) is 0 Å². The van der Waals surface area contributed by atoms with E-state index in [1.807, 2.05) is 30.4 Å². The summed E-state index contributed by atoms with van der Waals surface area (Å²) in [5.74, 6) is -0.106. The van der Waals surface area contributed by atoms with Gasteiger partial charge in [0.2, 0.25) is 0 Å². The summed E-state index contributed by atoms with van der Waals surface area (Å²) in [6, 6.07) is 8.16. The van der Waals surface area contributed by atoms with Gasteiger partial charge < -0.3 is 10.1 Å². The molecule has 0 fully saturated rings. The van der Waals surface area contributed by atoms with Gasteiger partial charge >= 0.3 is 6.09 Å². The van der Waals surface area contributed by atoms with Crippen molar-refractivity contribution in [1.29, 1.82) is 0 Å². The predicted octanol–water partition coefficient (Wildman–Crippen LogP) is 1.80. The highest BCUT2D eigenvalue weighted by Gasteiger charge is 2.29. The van der Waals surface area contributed by atoms with Crippen LogP contribution < -0.4 is 16.2 Å². The Hall–Kier alpha value is -2.18. The molecular weight excluding hydrogens is 294 g/mol. The molecule has 1 aromatic rings. The number of ketones is 1. The van der Waals surface area contributed by atoms with Crippen molar-refractivity contribution in [3.8, 4) is 0 Å². The fourth-order valence-electron chi connectivity index (χ4n) is 2.26. The minimum atomic E-state index is -0.622. The number of benzene rings is 1. The van der Waals surface area contributed by atoms with Gasteiger partial charge in [0.15, 0.2) is 5.78 Å². The Morgan fingerprint density at radius 2 is 1.96 bits per heavy atom. The number of hydrazine groups is 1. The molecule has 124 valence electrons. The van der Waals surface area contributed by atoms with Crippen LogP contribution in [0.25, 0.3) is 0 Å². The number of ether oxygens (including phenoxy) is 1. The van der Waals surface area contributed by atoms with Gasteiger partial charge in [-0.1, -0.05) is 42.5 Å². The lowest BCUT2D eigenvalue weighted by atomic mass is 9.99. The van der Waals surface area contributed by atoms with Crippen molar-refractivity contribution < 1.29 is 14.3 Å². The first-order valence-corrected chi connectivity index (χ1v) is 7.61. The van der Waals surface area contributed by atoms with Crippen LogP contribution in [0, 0.1) is 0 Å². The topological polar surface area (TPSA) is 79.5 Å². The quantitative estimate of drug-likeness (QED) is 0.438. The number of hydrogen-bond acceptors (Lipinski definition) is 5. The van der Waals surface area contributed by atoms with E-state index in [-0.39, 0.29) is 11.8 Å². The number of amides is 1. The molecule has 0 radical (unpaired) electrons. The van der Waals surface area contributed by atoms with Crippen LogP contribution >= 0.6 is 0 Å². The van der Waals surface area contributed by atoms with E-state index in [1.165, 1.54) is 0 Å². The van der Waals surface area contributed by atoms with Crippen molar-refractivity contribution in [3.63, 3.8) is 0 Å². The molecule has 1 aliphatic heterocycles. The summed E-state index contributed by atoms with van der Waals surface area (Å²) in [7, 11) is 0. The van der Waals surface area contributed by atoms with E-state index in [1.54, 1.807) is 32.9 Å². The highest BCUT2D eigenvalue weighted by Crippen LogP contribution is 2.10. The second-order valence-corrected chi connectivity index (χ2v) is 6.34. The summed E-state index contributed by atoms with van der Waals surface area (Å²) in [5.41, 5.74) is 5.24. The molecule has 1 amide bonds. The van der Waals surface area contributed by atoms with Crippen molar-refractivity contribution in [2.24, 2.45) is 0 Å². The van der Waals surface area contributed by atoms with E-state index in [2.05, 4.69) is 16.2 Å². The second-order valence-electron chi connectivity index (χ2n) is 6.34. The first-order chi connectivity index (χ1) is 10.9. The molecule has 2 atom stereocenters. The SMILES string of the molecule is CC(C)(C)OC(=O)NN[C@H](C(=O)c1ccccc1)C1C=CCN1. The molecule has 1 aliphatic rings. The Morgan fingerprint density at radius 3 is 2.52 bits per heavy atom. The highest BCUT2D eigenvalue weighted by molar-refractivity contribution is 6.01. The fourth-order valence-corrected chi connectivity index (χ4v) is 2.26. The third-order valence-electron chi connectivity index (χ3n) is 3.24. The van der Waals surface area contributed by atoms with Crippen LogP contribution in [0.4, 0.5) is 4.79 Å². The van der Waals surface area contributed by atoms with Gasteiger partial charge in [0.25, 0.3) is 0 Å². The van der Waals surface area contributed by atoms with Gasteiger partial charge in [-0.2, -0.15) is 0 Å². The maximum atomic E-state index is 12.7. The Labute approximate surface area is 136 Å². The van der Waals surface area contributed by atoms with Crippen molar-refractivity contribution in [2.45, 2.75) is 38.5 Å². The maximum absolute atomic E-state index is 12.7. The lowest BCUT2D eigenvalue weighted by molar-refractivity contribution is 0.0484. The van der Waals surface area contributed by atoms with Crippen molar-refractivity contribution >= 4 is 11.9 Å². The minimum Gasteiger partial charge on any atom is -0.443 e. The molecule has 1 unspecified atom stereocenters. The molecule has 0 spiro atoms. The molecule has 0 saturated carbocycles. The molecule has 0 aromatic heterocycles. The molecule has 23 heavy (non-hydrogen) atoms. The third kappa shape index (κ3) is 5.19. The predicted molar refractivity (Wildman–Crippen MR) is 88.0 cm³/mol. The standard InChI is InChI=1S/C17H23N3O3/c1-17(2,3)23-16(22)20-19-14(13-10-7-11-18-13)15(21)12-8-5-4-6-9-12/h4-10,13-14,18-19H,11H2,1-3H3,(H,20,22)/t13?,14-/m0/s1. The lowest BCUT2D eigenvalue weighted by Crippen LogP contribution is -2.56. The molecule has 6 heteroatoms. The Kier molecular flexibility index (Phi) is 5.52. The molecule has 0 bridgehead atoms. The Balaban J connectivity index is 2.05. The Morgan fingerprint density at radius 1 is 1.26 bits per heavy atom. The fraction of sp³-hybridized carbons (Fsp3) is 0.412. The monoisotopic (exact) mass is 317 g/mol. The van der Waals surface area contributed by atoms with E-state index >= 15 is 0 Å². The zero-order chi connectivity index (χ0) is 16.9. The summed E-state index contributed by atoms with van der Waals surface area (Å²) in [5, 5.41) is 3.19. The first-order valence-electron chi connectivity index (χ1n) is 7.61. The normalized spacial score (nSPS) is 18.5. The molecular formula is C17H23N3O3. The van der Waals surface area contributed by atoms with Gasteiger partial charge in [-0.3, -0.25) is 10.2 Å². The van der Waals surface area contributed by atoms with Gasteiger partial charge in [-0.15, -0.1) is 0 Å².